The molecule has 1 aromatic heterocycles. The van der Waals surface area contributed by atoms with Crippen LogP contribution >= 0.6 is 0 Å². The molecule has 5 heteroatoms. The molecular weight excluding hydrogens is 264 g/mol. The summed E-state index contributed by atoms with van der Waals surface area (Å²) in [6.07, 6.45) is 3.70. The molecule has 0 radical (unpaired) electrons. The number of likely N-dealkylation sites (N-methyl/N-ethyl adjacent to an activating group) is 1. The first-order valence-electron chi connectivity index (χ1n) is 7.85. The second-order valence-corrected chi connectivity index (χ2v) is 5.64. The molecule has 1 aliphatic rings. The number of nitrogens with zero attached hydrogens (tertiary/aromatic N) is 3. The largest absolute Gasteiger partial charge is 0.370 e. The minimum Gasteiger partial charge on any atom is -0.370 e. The van der Waals surface area contributed by atoms with Crippen LogP contribution in [0.5, 0.6) is 0 Å². The van der Waals surface area contributed by atoms with Crippen molar-refractivity contribution in [2.24, 2.45) is 0 Å². The van der Waals surface area contributed by atoms with Gasteiger partial charge in [-0.1, -0.05) is 6.92 Å². The number of hydrogen-bond acceptors (Lipinski definition) is 4. The van der Waals surface area contributed by atoms with Crippen LogP contribution in [-0.4, -0.2) is 60.0 Å². The van der Waals surface area contributed by atoms with Gasteiger partial charge in [-0.3, -0.25) is 4.79 Å². The van der Waals surface area contributed by atoms with Crippen LogP contribution in [0.15, 0.2) is 18.3 Å². The highest BCUT2D eigenvalue weighted by Crippen LogP contribution is 2.16. The van der Waals surface area contributed by atoms with E-state index in [0.29, 0.717) is 11.6 Å². The van der Waals surface area contributed by atoms with Gasteiger partial charge in [-0.25, -0.2) is 4.98 Å². The van der Waals surface area contributed by atoms with Crippen LogP contribution < -0.4 is 5.32 Å². The van der Waals surface area contributed by atoms with Crippen LogP contribution in [0, 0.1) is 0 Å². The molecule has 0 spiro atoms. The number of hydrogen-bond donors (Lipinski definition) is 1. The van der Waals surface area contributed by atoms with Crippen LogP contribution in [0.2, 0.25) is 0 Å². The van der Waals surface area contributed by atoms with Gasteiger partial charge in [0.25, 0.3) is 5.91 Å². The average Bonchev–Trinajstić information content (AvgIpc) is 2.69. The SMILES string of the molecule is CCNc1ccc(C(=O)N2CCCN(C)CC2CC)cn1. The van der Waals surface area contributed by atoms with Crippen molar-refractivity contribution in [1.82, 2.24) is 14.8 Å². The maximum absolute atomic E-state index is 12.7. The molecule has 0 saturated carbocycles. The number of nitrogens with one attached hydrogen (secondary N) is 1. The highest BCUT2D eigenvalue weighted by atomic mass is 16.2. The van der Waals surface area contributed by atoms with Crippen molar-refractivity contribution in [2.75, 3.05) is 38.5 Å². The van der Waals surface area contributed by atoms with Gasteiger partial charge in [-0.2, -0.15) is 0 Å². The summed E-state index contributed by atoms with van der Waals surface area (Å²) < 4.78 is 0. The Labute approximate surface area is 127 Å². The third-order valence-corrected chi connectivity index (χ3v) is 4.00. The van der Waals surface area contributed by atoms with E-state index in [-0.39, 0.29) is 5.91 Å². The molecule has 1 atom stereocenters. The molecule has 21 heavy (non-hydrogen) atoms. The van der Waals surface area contributed by atoms with Crippen molar-refractivity contribution in [1.29, 1.82) is 0 Å². The van der Waals surface area contributed by atoms with Gasteiger partial charge < -0.3 is 15.1 Å². The Kier molecular flexibility index (Phi) is 5.56. The third kappa shape index (κ3) is 3.94. The fourth-order valence-electron chi connectivity index (χ4n) is 2.83. The molecule has 2 heterocycles. The zero-order chi connectivity index (χ0) is 15.2. The van der Waals surface area contributed by atoms with Crippen LogP contribution in [0.1, 0.15) is 37.0 Å². The summed E-state index contributed by atoms with van der Waals surface area (Å²) in [5.41, 5.74) is 0.680. The zero-order valence-electron chi connectivity index (χ0n) is 13.3. The zero-order valence-corrected chi connectivity index (χ0v) is 13.3. The van der Waals surface area contributed by atoms with Crippen molar-refractivity contribution in [2.45, 2.75) is 32.7 Å². The second-order valence-electron chi connectivity index (χ2n) is 5.64. The molecule has 1 fully saturated rings. The Hall–Kier alpha value is -1.62. The van der Waals surface area contributed by atoms with E-state index in [4.69, 9.17) is 0 Å². The lowest BCUT2D eigenvalue weighted by Gasteiger charge is -2.30. The summed E-state index contributed by atoms with van der Waals surface area (Å²) in [5.74, 6) is 0.921. The number of carbonyl (C=O) groups is 1. The highest BCUT2D eigenvalue weighted by Gasteiger charge is 2.26. The molecule has 1 amide bonds. The first-order chi connectivity index (χ1) is 10.2. The molecule has 1 N–H and O–H groups in total. The Morgan fingerprint density at radius 1 is 1.38 bits per heavy atom. The average molecular weight is 290 g/mol. The van der Waals surface area contributed by atoms with E-state index in [1.54, 1.807) is 6.20 Å². The monoisotopic (exact) mass is 290 g/mol. The second kappa shape index (κ2) is 7.41. The first-order valence-corrected chi connectivity index (χ1v) is 7.85. The van der Waals surface area contributed by atoms with Gasteiger partial charge in [0.2, 0.25) is 0 Å². The van der Waals surface area contributed by atoms with Crippen molar-refractivity contribution in [3.8, 4) is 0 Å². The molecule has 0 bridgehead atoms. The Morgan fingerprint density at radius 3 is 2.81 bits per heavy atom. The van der Waals surface area contributed by atoms with Crippen molar-refractivity contribution < 1.29 is 4.79 Å². The maximum atomic E-state index is 12.7. The normalized spacial score (nSPS) is 20.1. The van der Waals surface area contributed by atoms with Gasteiger partial charge in [-0.15, -0.1) is 0 Å². The molecule has 116 valence electrons. The van der Waals surface area contributed by atoms with Crippen LogP contribution in [0.4, 0.5) is 5.82 Å². The molecular formula is C16H26N4O. The summed E-state index contributed by atoms with van der Waals surface area (Å²) in [4.78, 5) is 21.4. The van der Waals surface area contributed by atoms with Crippen LogP contribution in [0.3, 0.4) is 0 Å². The van der Waals surface area contributed by atoms with Gasteiger partial charge in [0.15, 0.2) is 0 Å². The van der Waals surface area contributed by atoms with Gasteiger partial charge in [0.1, 0.15) is 5.82 Å². The number of carbonyl (C=O) groups excluding carboxylic acids is 1. The predicted molar refractivity (Wildman–Crippen MR) is 85.6 cm³/mol. The molecule has 5 nitrogen and oxygen atoms in total. The molecule has 0 aromatic carbocycles. The molecule has 2 rings (SSSR count). The molecule has 1 unspecified atom stereocenters. The summed E-state index contributed by atoms with van der Waals surface area (Å²) in [6.45, 7) is 7.84. The van der Waals surface area contributed by atoms with E-state index in [1.165, 1.54) is 0 Å². The lowest BCUT2D eigenvalue weighted by molar-refractivity contribution is 0.0675. The van der Waals surface area contributed by atoms with Crippen LogP contribution in [0.25, 0.3) is 0 Å². The number of amides is 1. The van der Waals surface area contributed by atoms with E-state index >= 15 is 0 Å². The van der Waals surface area contributed by atoms with Crippen molar-refractivity contribution in [3.63, 3.8) is 0 Å². The summed E-state index contributed by atoms with van der Waals surface area (Å²) in [5, 5.41) is 3.15. The van der Waals surface area contributed by atoms with E-state index in [2.05, 4.69) is 29.2 Å². The number of pyridine rings is 1. The number of aromatic nitrogens is 1. The Bertz CT molecular complexity index is 460. The highest BCUT2D eigenvalue weighted by molar-refractivity contribution is 5.94. The lowest BCUT2D eigenvalue weighted by atomic mass is 10.1. The molecule has 1 aromatic rings. The minimum absolute atomic E-state index is 0.104. The Balaban J connectivity index is 2.12. The number of anilines is 1. The minimum atomic E-state index is 0.104. The van der Waals surface area contributed by atoms with Gasteiger partial charge >= 0.3 is 0 Å². The quantitative estimate of drug-likeness (QED) is 0.922. The van der Waals surface area contributed by atoms with E-state index in [0.717, 1.165) is 44.8 Å². The molecule has 1 saturated heterocycles. The van der Waals surface area contributed by atoms with Gasteiger partial charge in [0, 0.05) is 31.9 Å². The van der Waals surface area contributed by atoms with Crippen LogP contribution in [-0.2, 0) is 0 Å². The van der Waals surface area contributed by atoms with Crippen molar-refractivity contribution >= 4 is 11.7 Å². The predicted octanol–water partition coefficient (Wildman–Crippen LogP) is 2.07. The summed E-state index contributed by atoms with van der Waals surface area (Å²) in [6, 6.07) is 4.04. The van der Waals surface area contributed by atoms with E-state index in [1.807, 2.05) is 24.0 Å². The lowest BCUT2D eigenvalue weighted by Crippen LogP contribution is -2.43. The maximum Gasteiger partial charge on any atom is 0.255 e. The van der Waals surface area contributed by atoms with Gasteiger partial charge in [-0.05, 0) is 45.5 Å². The van der Waals surface area contributed by atoms with E-state index < -0.39 is 0 Å². The molecule has 1 aliphatic heterocycles. The first kappa shape index (κ1) is 15.8. The topological polar surface area (TPSA) is 48.5 Å². The Morgan fingerprint density at radius 2 is 2.19 bits per heavy atom. The van der Waals surface area contributed by atoms with Gasteiger partial charge in [0.05, 0.1) is 5.56 Å². The summed E-state index contributed by atoms with van der Waals surface area (Å²) in [7, 11) is 2.13. The number of rotatable bonds is 4. The van der Waals surface area contributed by atoms with Crippen molar-refractivity contribution in [3.05, 3.63) is 23.9 Å². The third-order valence-electron chi connectivity index (χ3n) is 4.00. The van der Waals surface area contributed by atoms with E-state index in [9.17, 15) is 4.79 Å². The smallest absolute Gasteiger partial charge is 0.255 e. The summed E-state index contributed by atoms with van der Waals surface area (Å²) >= 11 is 0. The fraction of sp³-hybridized carbons (Fsp3) is 0.625. The standard InChI is InChI=1S/C16H26N4O/c1-4-14-12-19(3)9-6-10-20(14)16(21)13-7-8-15(17-5-2)18-11-13/h7-8,11,14H,4-6,9-10,12H2,1-3H3,(H,17,18). The molecule has 0 aliphatic carbocycles. The fourth-order valence-corrected chi connectivity index (χ4v) is 2.83.